The lowest BCUT2D eigenvalue weighted by Crippen LogP contribution is -2.42. The van der Waals surface area contributed by atoms with E-state index in [1.54, 1.807) is 0 Å². The molecule has 0 saturated heterocycles. The summed E-state index contributed by atoms with van der Waals surface area (Å²) in [7, 11) is 0. The van der Waals surface area contributed by atoms with E-state index in [-0.39, 0.29) is 11.8 Å². The number of carboxylic acid groups (broad SMARTS) is 1. The molecule has 0 aliphatic heterocycles. The third-order valence-electron chi connectivity index (χ3n) is 2.93. The van der Waals surface area contributed by atoms with Crippen molar-refractivity contribution in [3.8, 4) is 0 Å². The number of aliphatic carboxylic acids is 1. The van der Waals surface area contributed by atoms with Gasteiger partial charge in [0.2, 0.25) is 5.91 Å². The number of carboxylic acids is 1. The van der Waals surface area contributed by atoms with Crippen LogP contribution in [0.4, 0.5) is 0 Å². The molecule has 14 heavy (non-hydrogen) atoms. The minimum Gasteiger partial charge on any atom is -0.480 e. The molecule has 3 unspecified atom stereocenters. The number of amides is 1. The fourth-order valence-electron chi connectivity index (χ4n) is 1.92. The molecule has 1 aliphatic rings. The second-order valence-corrected chi connectivity index (χ2v) is 4.08. The molecule has 0 radical (unpaired) electrons. The lowest BCUT2D eigenvalue weighted by atomic mass is 9.97. The van der Waals surface area contributed by atoms with Gasteiger partial charge in [0.25, 0.3) is 0 Å². The van der Waals surface area contributed by atoms with E-state index in [1.165, 1.54) is 6.92 Å². The summed E-state index contributed by atoms with van der Waals surface area (Å²) in [5, 5.41) is 11.1. The fraction of sp³-hybridized carbons (Fsp3) is 0.800. The van der Waals surface area contributed by atoms with Crippen LogP contribution in [0.25, 0.3) is 0 Å². The van der Waals surface area contributed by atoms with Gasteiger partial charge in [-0.05, 0) is 25.7 Å². The van der Waals surface area contributed by atoms with E-state index in [1.807, 2.05) is 6.92 Å². The Morgan fingerprint density at radius 1 is 1.43 bits per heavy atom. The summed E-state index contributed by atoms with van der Waals surface area (Å²) in [6.07, 6.45) is 3.03. The zero-order chi connectivity index (χ0) is 10.7. The number of hydrogen-bond donors (Lipinski definition) is 2. The minimum atomic E-state index is -0.982. The standard InChI is InChI=1S/C10H17NO3/c1-6-4-3-5-8(6)9(12)11-7(2)10(13)14/h6-8H,3-5H2,1-2H3,(H,11,12)(H,13,14). The average molecular weight is 199 g/mol. The van der Waals surface area contributed by atoms with Crippen molar-refractivity contribution in [3.05, 3.63) is 0 Å². The maximum atomic E-state index is 11.6. The van der Waals surface area contributed by atoms with Crippen molar-refractivity contribution in [2.45, 2.75) is 39.2 Å². The Bertz CT molecular complexity index is 240. The summed E-state index contributed by atoms with van der Waals surface area (Å²) in [5.74, 6) is -0.693. The lowest BCUT2D eigenvalue weighted by molar-refractivity contribution is -0.142. The second-order valence-electron chi connectivity index (χ2n) is 4.08. The van der Waals surface area contributed by atoms with Gasteiger partial charge in [-0.3, -0.25) is 9.59 Å². The van der Waals surface area contributed by atoms with E-state index < -0.39 is 12.0 Å². The smallest absolute Gasteiger partial charge is 0.325 e. The Labute approximate surface area is 83.7 Å². The highest BCUT2D eigenvalue weighted by atomic mass is 16.4. The first-order valence-electron chi connectivity index (χ1n) is 5.05. The van der Waals surface area contributed by atoms with Gasteiger partial charge in [-0.25, -0.2) is 0 Å². The van der Waals surface area contributed by atoms with Gasteiger partial charge in [-0.2, -0.15) is 0 Å². The number of carbonyl (C=O) groups is 2. The van der Waals surface area contributed by atoms with Crippen LogP contribution in [0, 0.1) is 11.8 Å². The average Bonchev–Trinajstić information content (AvgIpc) is 2.51. The van der Waals surface area contributed by atoms with Crippen LogP contribution in [0.2, 0.25) is 0 Å². The van der Waals surface area contributed by atoms with Crippen molar-refractivity contribution in [2.24, 2.45) is 11.8 Å². The van der Waals surface area contributed by atoms with Crippen LogP contribution in [-0.4, -0.2) is 23.0 Å². The van der Waals surface area contributed by atoms with Crippen molar-refractivity contribution >= 4 is 11.9 Å². The van der Waals surface area contributed by atoms with Gasteiger partial charge in [-0.1, -0.05) is 13.3 Å². The van der Waals surface area contributed by atoms with E-state index in [9.17, 15) is 9.59 Å². The van der Waals surface area contributed by atoms with Crippen LogP contribution in [0.5, 0.6) is 0 Å². The maximum absolute atomic E-state index is 11.6. The first-order chi connectivity index (χ1) is 6.52. The zero-order valence-corrected chi connectivity index (χ0v) is 8.62. The Morgan fingerprint density at radius 3 is 2.50 bits per heavy atom. The van der Waals surface area contributed by atoms with E-state index in [0.717, 1.165) is 19.3 Å². The molecule has 1 aliphatic carbocycles. The number of hydrogen-bond acceptors (Lipinski definition) is 2. The summed E-state index contributed by atoms with van der Waals surface area (Å²) in [4.78, 5) is 22.1. The highest BCUT2D eigenvalue weighted by Gasteiger charge is 2.30. The second kappa shape index (κ2) is 4.44. The van der Waals surface area contributed by atoms with Crippen molar-refractivity contribution < 1.29 is 14.7 Å². The van der Waals surface area contributed by atoms with Gasteiger partial charge in [0.1, 0.15) is 6.04 Å². The van der Waals surface area contributed by atoms with Crippen LogP contribution in [-0.2, 0) is 9.59 Å². The Kier molecular flexibility index (Phi) is 3.49. The summed E-state index contributed by atoms with van der Waals surface area (Å²) < 4.78 is 0. The van der Waals surface area contributed by atoms with E-state index in [2.05, 4.69) is 5.32 Å². The molecule has 4 heteroatoms. The van der Waals surface area contributed by atoms with E-state index in [4.69, 9.17) is 5.11 Å². The summed E-state index contributed by atoms with van der Waals surface area (Å²) >= 11 is 0. The molecule has 0 aromatic heterocycles. The van der Waals surface area contributed by atoms with Crippen molar-refractivity contribution in [2.75, 3.05) is 0 Å². The number of rotatable bonds is 3. The van der Waals surface area contributed by atoms with Gasteiger partial charge in [0.05, 0.1) is 0 Å². The normalized spacial score (nSPS) is 28.4. The van der Waals surface area contributed by atoms with Gasteiger partial charge in [-0.15, -0.1) is 0 Å². The van der Waals surface area contributed by atoms with Crippen molar-refractivity contribution in [1.29, 1.82) is 0 Å². The van der Waals surface area contributed by atoms with Crippen LogP contribution in [0.1, 0.15) is 33.1 Å². The third-order valence-corrected chi connectivity index (χ3v) is 2.93. The van der Waals surface area contributed by atoms with Gasteiger partial charge >= 0.3 is 5.97 Å². The minimum absolute atomic E-state index is 0.0109. The summed E-state index contributed by atoms with van der Waals surface area (Å²) in [6.45, 7) is 3.53. The molecule has 1 amide bonds. The zero-order valence-electron chi connectivity index (χ0n) is 8.62. The number of nitrogens with one attached hydrogen (secondary N) is 1. The summed E-state index contributed by atoms with van der Waals surface area (Å²) in [5.41, 5.74) is 0. The van der Waals surface area contributed by atoms with Crippen LogP contribution < -0.4 is 5.32 Å². The largest absolute Gasteiger partial charge is 0.480 e. The van der Waals surface area contributed by atoms with Gasteiger partial charge in [0.15, 0.2) is 0 Å². The molecule has 4 nitrogen and oxygen atoms in total. The highest BCUT2D eigenvalue weighted by molar-refractivity contribution is 5.85. The molecule has 1 rings (SSSR count). The number of carbonyl (C=O) groups excluding carboxylic acids is 1. The quantitative estimate of drug-likeness (QED) is 0.713. The van der Waals surface area contributed by atoms with Crippen LogP contribution in [0.3, 0.4) is 0 Å². The molecule has 0 bridgehead atoms. The predicted octanol–water partition coefficient (Wildman–Crippen LogP) is 1.01. The Balaban J connectivity index is 2.45. The van der Waals surface area contributed by atoms with Crippen LogP contribution >= 0.6 is 0 Å². The van der Waals surface area contributed by atoms with Crippen molar-refractivity contribution in [1.82, 2.24) is 5.32 Å². The molecule has 1 fully saturated rings. The SMILES string of the molecule is CC(NC(=O)C1CCCC1C)C(=O)O. The molecular formula is C10H17NO3. The third kappa shape index (κ3) is 2.47. The van der Waals surface area contributed by atoms with Gasteiger partial charge < -0.3 is 10.4 Å². The highest BCUT2D eigenvalue weighted by Crippen LogP contribution is 2.31. The monoisotopic (exact) mass is 199 g/mol. The first-order valence-corrected chi connectivity index (χ1v) is 5.05. The molecular weight excluding hydrogens is 182 g/mol. The maximum Gasteiger partial charge on any atom is 0.325 e. The van der Waals surface area contributed by atoms with Crippen LogP contribution in [0.15, 0.2) is 0 Å². The van der Waals surface area contributed by atoms with E-state index in [0.29, 0.717) is 5.92 Å². The molecule has 80 valence electrons. The van der Waals surface area contributed by atoms with Gasteiger partial charge in [0, 0.05) is 5.92 Å². The fourth-order valence-corrected chi connectivity index (χ4v) is 1.92. The predicted molar refractivity (Wildman–Crippen MR) is 51.7 cm³/mol. The molecule has 3 atom stereocenters. The summed E-state index contributed by atoms with van der Waals surface area (Å²) in [6, 6.07) is -0.782. The Morgan fingerprint density at radius 2 is 2.07 bits per heavy atom. The molecule has 1 saturated carbocycles. The molecule has 0 heterocycles. The van der Waals surface area contributed by atoms with E-state index >= 15 is 0 Å². The topological polar surface area (TPSA) is 66.4 Å². The Hall–Kier alpha value is -1.06. The first kappa shape index (κ1) is 11.0. The molecule has 0 aromatic carbocycles. The molecule has 0 aromatic rings. The molecule has 0 spiro atoms. The lowest BCUT2D eigenvalue weighted by Gasteiger charge is -2.17. The molecule has 2 N–H and O–H groups in total. The van der Waals surface area contributed by atoms with Crippen molar-refractivity contribution in [3.63, 3.8) is 0 Å².